The summed E-state index contributed by atoms with van der Waals surface area (Å²) in [4.78, 5) is 12.8. The average molecular weight is 339 g/mol. The quantitative estimate of drug-likeness (QED) is 0.468. The molecule has 3 nitrogen and oxygen atoms in total. The molecule has 1 rings (SSSR count). The zero-order valence-corrected chi connectivity index (χ0v) is 13.9. The standard InChI is InChI=1S/C18H20F3NO2/c1-5-12-17(16(23)24-4,18(19,20)21)22(3)13-8-11-15-10-7-6-9-14(15)2/h5-7,9-10H,1,12-13H2,2-4H3. The fourth-order valence-electron chi connectivity index (χ4n) is 2.32. The van der Waals surface area contributed by atoms with Gasteiger partial charge in [-0.2, -0.15) is 13.2 Å². The Balaban J connectivity index is 3.14. The molecule has 0 bridgehead atoms. The van der Waals surface area contributed by atoms with Crippen LogP contribution < -0.4 is 0 Å². The molecule has 1 aromatic rings. The van der Waals surface area contributed by atoms with Crippen LogP contribution >= 0.6 is 0 Å². The summed E-state index contributed by atoms with van der Waals surface area (Å²) in [6.45, 7) is 4.93. The van der Waals surface area contributed by atoms with Crippen LogP contribution in [0.5, 0.6) is 0 Å². The van der Waals surface area contributed by atoms with Crippen molar-refractivity contribution in [3.63, 3.8) is 0 Å². The first-order chi connectivity index (χ1) is 11.2. The fraction of sp³-hybridized carbons (Fsp3) is 0.389. The van der Waals surface area contributed by atoms with Gasteiger partial charge in [0.25, 0.3) is 0 Å². The second-order valence-corrected chi connectivity index (χ2v) is 5.32. The van der Waals surface area contributed by atoms with E-state index in [4.69, 9.17) is 0 Å². The van der Waals surface area contributed by atoms with Gasteiger partial charge in [-0.1, -0.05) is 36.1 Å². The summed E-state index contributed by atoms with van der Waals surface area (Å²) in [5.41, 5.74) is -1.15. The molecule has 0 saturated heterocycles. The Kier molecular flexibility index (Phi) is 6.61. The molecule has 0 aliphatic rings. The predicted octanol–water partition coefficient (Wildman–Crippen LogP) is 3.33. The van der Waals surface area contributed by atoms with Crippen molar-refractivity contribution >= 4 is 5.97 Å². The third-order valence-electron chi connectivity index (χ3n) is 3.77. The minimum absolute atomic E-state index is 0.253. The molecule has 0 amide bonds. The number of methoxy groups -OCH3 is 1. The van der Waals surface area contributed by atoms with Crippen molar-refractivity contribution in [2.75, 3.05) is 20.7 Å². The summed E-state index contributed by atoms with van der Waals surface area (Å²) < 4.78 is 45.3. The lowest BCUT2D eigenvalue weighted by atomic mass is 9.92. The molecule has 130 valence electrons. The number of carbonyl (C=O) groups is 1. The van der Waals surface area contributed by atoms with E-state index in [1.165, 1.54) is 7.05 Å². The van der Waals surface area contributed by atoms with Crippen LogP contribution in [-0.4, -0.2) is 43.3 Å². The van der Waals surface area contributed by atoms with Gasteiger partial charge >= 0.3 is 12.1 Å². The minimum Gasteiger partial charge on any atom is -0.467 e. The van der Waals surface area contributed by atoms with Crippen LogP contribution in [0.3, 0.4) is 0 Å². The molecule has 0 saturated carbocycles. The largest absolute Gasteiger partial charge is 0.467 e. The van der Waals surface area contributed by atoms with Crippen molar-refractivity contribution in [3.05, 3.63) is 48.0 Å². The fourth-order valence-corrected chi connectivity index (χ4v) is 2.32. The molecular formula is C18H20F3NO2. The van der Waals surface area contributed by atoms with E-state index in [0.29, 0.717) is 0 Å². The van der Waals surface area contributed by atoms with Crippen LogP contribution in [0.2, 0.25) is 0 Å². The Morgan fingerprint density at radius 2 is 2.00 bits per heavy atom. The molecule has 6 heteroatoms. The molecule has 1 unspecified atom stereocenters. The van der Waals surface area contributed by atoms with Crippen LogP contribution in [0.15, 0.2) is 36.9 Å². The van der Waals surface area contributed by atoms with Gasteiger partial charge < -0.3 is 4.74 Å². The lowest BCUT2D eigenvalue weighted by molar-refractivity contribution is -0.234. The first-order valence-electron chi connectivity index (χ1n) is 7.22. The van der Waals surface area contributed by atoms with E-state index in [0.717, 1.165) is 29.2 Å². The van der Waals surface area contributed by atoms with E-state index in [-0.39, 0.29) is 6.54 Å². The van der Waals surface area contributed by atoms with E-state index in [2.05, 4.69) is 23.2 Å². The normalized spacial score (nSPS) is 13.6. The zero-order valence-electron chi connectivity index (χ0n) is 13.9. The Hall–Kier alpha value is -2.26. The van der Waals surface area contributed by atoms with Gasteiger partial charge in [-0.25, -0.2) is 4.79 Å². The van der Waals surface area contributed by atoms with Gasteiger partial charge in [0.05, 0.1) is 13.7 Å². The van der Waals surface area contributed by atoms with Crippen LogP contribution in [0, 0.1) is 18.8 Å². The van der Waals surface area contributed by atoms with Gasteiger partial charge in [0.2, 0.25) is 5.54 Å². The molecular weight excluding hydrogens is 319 g/mol. The molecule has 0 heterocycles. The number of esters is 1. The van der Waals surface area contributed by atoms with E-state index in [1.807, 2.05) is 19.1 Å². The highest BCUT2D eigenvalue weighted by atomic mass is 19.4. The van der Waals surface area contributed by atoms with E-state index < -0.39 is 24.1 Å². The molecule has 0 radical (unpaired) electrons. The third kappa shape index (κ3) is 3.98. The van der Waals surface area contributed by atoms with E-state index in [9.17, 15) is 18.0 Å². The van der Waals surface area contributed by atoms with Crippen molar-refractivity contribution in [3.8, 4) is 11.8 Å². The highest BCUT2D eigenvalue weighted by Gasteiger charge is 2.63. The Bertz CT molecular complexity index is 658. The van der Waals surface area contributed by atoms with Crippen molar-refractivity contribution in [2.45, 2.75) is 25.1 Å². The number of ether oxygens (including phenoxy) is 1. The smallest absolute Gasteiger partial charge is 0.417 e. The number of halogens is 3. The number of likely N-dealkylation sites (N-methyl/N-ethyl adjacent to an activating group) is 1. The lowest BCUT2D eigenvalue weighted by Crippen LogP contribution is -2.63. The van der Waals surface area contributed by atoms with Gasteiger partial charge in [-0.15, -0.1) is 6.58 Å². The van der Waals surface area contributed by atoms with E-state index in [1.54, 1.807) is 12.1 Å². The summed E-state index contributed by atoms with van der Waals surface area (Å²) in [5, 5.41) is 0. The monoisotopic (exact) mass is 339 g/mol. The maximum atomic E-state index is 13.6. The second kappa shape index (κ2) is 8.02. The first kappa shape index (κ1) is 19.8. The number of nitrogens with zero attached hydrogens (tertiary/aromatic N) is 1. The zero-order chi connectivity index (χ0) is 18.4. The molecule has 0 aromatic heterocycles. The minimum atomic E-state index is -4.83. The number of benzene rings is 1. The number of carbonyl (C=O) groups excluding carboxylic acids is 1. The molecule has 0 N–H and O–H groups in total. The van der Waals surface area contributed by atoms with Crippen LogP contribution in [0.25, 0.3) is 0 Å². The molecule has 1 aromatic carbocycles. The van der Waals surface area contributed by atoms with Crippen LogP contribution in [0.1, 0.15) is 17.5 Å². The predicted molar refractivity (Wildman–Crippen MR) is 86.3 cm³/mol. The molecule has 0 fully saturated rings. The number of alkyl halides is 3. The van der Waals surface area contributed by atoms with Gasteiger partial charge in [0.1, 0.15) is 0 Å². The van der Waals surface area contributed by atoms with Gasteiger partial charge in [0.15, 0.2) is 0 Å². The molecule has 0 spiro atoms. The maximum absolute atomic E-state index is 13.6. The average Bonchev–Trinajstić information content (AvgIpc) is 2.52. The summed E-state index contributed by atoms with van der Waals surface area (Å²) in [7, 11) is 2.12. The summed E-state index contributed by atoms with van der Waals surface area (Å²) >= 11 is 0. The van der Waals surface area contributed by atoms with Gasteiger partial charge in [-0.05, 0) is 25.6 Å². The van der Waals surface area contributed by atoms with Crippen LogP contribution in [0.4, 0.5) is 13.2 Å². The molecule has 0 aliphatic carbocycles. The Labute approximate surface area is 140 Å². The Morgan fingerprint density at radius 3 is 2.50 bits per heavy atom. The number of hydrogen-bond acceptors (Lipinski definition) is 3. The molecule has 24 heavy (non-hydrogen) atoms. The summed E-state index contributed by atoms with van der Waals surface area (Å²) in [6.07, 6.45) is -4.39. The maximum Gasteiger partial charge on any atom is 0.417 e. The van der Waals surface area contributed by atoms with Gasteiger partial charge in [0, 0.05) is 12.0 Å². The van der Waals surface area contributed by atoms with Crippen molar-refractivity contribution in [1.29, 1.82) is 0 Å². The SMILES string of the molecule is C=CCC(C(=O)OC)(N(C)CC#Cc1ccccc1C)C(F)(F)F. The topological polar surface area (TPSA) is 29.5 Å². The molecule has 1 atom stereocenters. The van der Waals surface area contributed by atoms with E-state index >= 15 is 0 Å². The number of rotatable bonds is 5. The number of hydrogen-bond donors (Lipinski definition) is 0. The van der Waals surface area contributed by atoms with Crippen molar-refractivity contribution < 1.29 is 22.7 Å². The van der Waals surface area contributed by atoms with Crippen molar-refractivity contribution in [1.82, 2.24) is 4.90 Å². The summed E-state index contributed by atoms with van der Waals surface area (Å²) in [5.74, 6) is 4.14. The first-order valence-corrected chi connectivity index (χ1v) is 7.22. The third-order valence-corrected chi connectivity index (χ3v) is 3.77. The highest BCUT2D eigenvalue weighted by Crippen LogP contribution is 2.39. The Morgan fingerprint density at radius 1 is 1.38 bits per heavy atom. The van der Waals surface area contributed by atoms with Crippen LogP contribution in [-0.2, 0) is 9.53 Å². The van der Waals surface area contributed by atoms with Gasteiger partial charge in [-0.3, -0.25) is 4.90 Å². The second-order valence-electron chi connectivity index (χ2n) is 5.32. The highest BCUT2D eigenvalue weighted by molar-refractivity contribution is 5.82. The summed E-state index contributed by atoms with van der Waals surface area (Å²) in [6, 6.07) is 7.29. The lowest BCUT2D eigenvalue weighted by Gasteiger charge is -2.38. The van der Waals surface area contributed by atoms with Crippen molar-refractivity contribution in [2.24, 2.45) is 0 Å². The number of aryl methyl sites for hydroxylation is 1. The molecule has 0 aliphatic heterocycles.